The van der Waals surface area contributed by atoms with Gasteiger partial charge in [0.05, 0.1) is 5.52 Å². The first kappa shape index (κ1) is 14.2. The van der Waals surface area contributed by atoms with Gasteiger partial charge in [-0.25, -0.2) is 0 Å². The van der Waals surface area contributed by atoms with Gasteiger partial charge in [0.1, 0.15) is 0 Å². The normalized spacial score (nSPS) is 10.6. The summed E-state index contributed by atoms with van der Waals surface area (Å²) in [4.78, 5) is 16.5. The van der Waals surface area contributed by atoms with E-state index in [1.165, 1.54) is 0 Å². The van der Waals surface area contributed by atoms with Gasteiger partial charge in [-0.2, -0.15) is 0 Å². The molecular weight excluding hydrogens is 396 g/mol. The average Bonchev–Trinajstić information content (AvgIpc) is 2.46. The van der Waals surface area contributed by atoms with Gasteiger partial charge < -0.3 is 5.32 Å². The van der Waals surface area contributed by atoms with Crippen LogP contribution in [0, 0.1) is 0 Å². The molecule has 0 fully saturated rings. The molecule has 1 N–H and O–H groups in total. The second-order valence-corrected chi connectivity index (χ2v) is 6.35. The summed E-state index contributed by atoms with van der Waals surface area (Å²) in [5.74, 6) is -0.153. The molecule has 2 aromatic carbocycles. The third kappa shape index (κ3) is 3.31. The molecule has 0 saturated carbocycles. The topological polar surface area (TPSA) is 42.0 Å². The molecule has 3 nitrogen and oxygen atoms in total. The third-order valence-corrected chi connectivity index (χ3v) is 3.90. The van der Waals surface area contributed by atoms with Gasteiger partial charge in [-0.05, 0) is 42.5 Å². The summed E-state index contributed by atoms with van der Waals surface area (Å²) in [7, 11) is 0. The summed E-state index contributed by atoms with van der Waals surface area (Å²) < 4.78 is 1.70. The zero-order chi connectivity index (χ0) is 14.8. The van der Waals surface area contributed by atoms with E-state index in [9.17, 15) is 4.79 Å². The highest BCUT2D eigenvalue weighted by Crippen LogP contribution is 2.22. The summed E-state index contributed by atoms with van der Waals surface area (Å²) in [5, 5.41) is 3.89. The quantitative estimate of drug-likeness (QED) is 0.650. The Morgan fingerprint density at radius 2 is 1.76 bits per heavy atom. The second kappa shape index (κ2) is 5.95. The lowest BCUT2D eigenvalue weighted by molar-refractivity contribution is 0.102. The molecule has 0 radical (unpaired) electrons. The van der Waals surface area contributed by atoms with E-state index in [-0.39, 0.29) is 5.91 Å². The van der Waals surface area contributed by atoms with Crippen molar-refractivity contribution in [2.75, 3.05) is 5.32 Å². The monoisotopic (exact) mass is 404 g/mol. The maximum absolute atomic E-state index is 12.3. The van der Waals surface area contributed by atoms with Crippen molar-refractivity contribution in [1.29, 1.82) is 0 Å². The van der Waals surface area contributed by atoms with Crippen LogP contribution >= 0.6 is 31.9 Å². The maximum atomic E-state index is 12.3. The minimum atomic E-state index is -0.153. The Hall–Kier alpha value is -1.72. The fraction of sp³-hybridized carbons (Fsp3) is 0. The number of carbonyl (C=O) groups excluding carboxylic acids is 1. The van der Waals surface area contributed by atoms with Gasteiger partial charge in [-0.3, -0.25) is 9.78 Å². The van der Waals surface area contributed by atoms with Gasteiger partial charge in [-0.1, -0.05) is 37.9 Å². The lowest BCUT2D eigenvalue weighted by Gasteiger charge is -2.07. The Bertz CT molecular complexity index is 813. The molecule has 1 heterocycles. The van der Waals surface area contributed by atoms with Crippen LogP contribution < -0.4 is 5.32 Å². The van der Waals surface area contributed by atoms with Crippen LogP contribution in [0.5, 0.6) is 0 Å². The van der Waals surface area contributed by atoms with E-state index in [4.69, 9.17) is 0 Å². The van der Waals surface area contributed by atoms with Crippen molar-refractivity contribution >= 4 is 54.4 Å². The average molecular weight is 406 g/mol. The fourth-order valence-electron chi connectivity index (χ4n) is 2.04. The zero-order valence-electron chi connectivity index (χ0n) is 10.8. The number of amides is 1. The number of anilines is 1. The number of benzene rings is 2. The standard InChI is InChI=1S/C16H10Br2N2O/c17-12-6-11(7-13(18)9-12)16(21)20-14-3-4-15-10(8-14)2-1-5-19-15/h1-9H,(H,20,21). The van der Waals surface area contributed by atoms with Crippen LogP contribution in [0.1, 0.15) is 10.4 Å². The van der Waals surface area contributed by atoms with Crippen molar-refractivity contribution in [2.45, 2.75) is 0 Å². The number of aromatic nitrogens is 1. The van der Waals surface area contributed by atoms with Crippen LogP contribution in [-0.2, 0) is 0 Å². The molecule has 0 bridgehead atoms. The molecule has 1 aromatic heterocycles. The van der Waals surface area contributed by atoms with Crippen LogP contribution in [0.15, 0.2) is 63.7 Å². The molecular formula is C16H10Br2N2O. The highest BCUT2D eigenvalue weighted by atomic mass is 79.9. The molecule has 3 aromatic rings. The Balaban J connectivity index is 1.88. The van der Waals surface area contributed by atoms with Gasteiger partial charge in [0, 0.05) is 31.8 Å². The van der Waals surface area contributed by atoms with Crippen LogP contribution in [0.3, 0.4) is 0 Å². The number of nitrogens with zero attached hydrogens (tertiary/aromatic N) is 1. The molecule has 0 spiro atoms. The smallest absolute Gasteiger partial charge is 0.255 e. The Labute approximate surface area is 138 Å². The minimum absolute atomic E-state index is 0.153. The summed E-state index contributed by atoms with van der Waals surface area (Å²) in [6, 6.07) is 14.9. The van der Waals surface area contributed by atoms with Crippen molar-refractivity contribution in [3.05, 3.63) is 69.2 Å². The van der Waals surface area contributed by atoms with Crippen molar-refractivity contribution in [3.8, 4) is 0 Å². The first-order valence-electron chi connectivity index (χ1n) is 6.24. The Morgan fingerprint density at radius 1 is 1.00 bits per heavy atom. The molecule has 0 aliphatic heterocycles. The van der Waals surface area contributed by atoms with E-state index < -0.39 is 0 Å². The number of rotatable bonds is 2. The fourth-order valence-corrected chi connectivity index (χ4v) is 3.34. The first-order valence-corrected chi connectivity index (χ1v) is 7.83. The van der Waals surface area contributed by atoms with Gasteiger partial charge >= 0.3 is 0 Å². The third-order valence-electron chi connectivity index (χ3n) is 2.99. The number of fused-ring (bicyclic) bond motifs is 1. The molecule has 5 heteroatoms. The van der Waals surface area contributed by atoms with E-state index in [1.54, 1.807) is 18.3 Å². The highest BCUT2D eigenvalue weighted by Gasteiger charge is 2.08. The molecule has 0 unspecified atom stereocenters. The molecule has 0 atom stereocenters. The maximum Gasteiger partial charge on any atom is 0.255 e. The Kier molecular flexibility index (Phi) is 4.03. The molecule has 0 aliphatic carbocycles. The van der Waals surface area contributed by atoms with Gasteiger partial charge in [0.15, 0.2) is 0 Å². The summed E-state index contributed by atoms with van der Waals surface area (Å²) in [5.41, 5.74) is 2.24. The minimum Gasteiger partial charge on any atom is -0.322 e. The molecule has 0 saturated heterocycles. The van der Waals surface area contributed by atoms with Crippen LogP contribution in [0.2, 0.25) is 0 Å². The van der Waals surface area contributed by atoms with Crippen molar-refractivity contribution in [2.24, 2.45) is 0 Å². The zero-order valence-corrected chi connectivity index (χ0v) is 14.0. The number of hydrogen-bond donors (Lipinski definition) is 1. The Morgan fingerprint density at radius 3 is 2.52 bits per heavy atom. The van der Waals surface area contributed by atoms with E-state index >= 15 is 0 Å². The summed E-state index contributed by atoms with van der Waals surface area (Å²) in [6.07, 6.45) is 1.75. The van der Waals surface area contributed by atoms with Gasteiger partial charge in [-0.15, -0.1) is 0 Å². The van der Waals surface area contributed by atoms with Crippen molar-refractivity contribution < 1.29 is 4.79 Å². The van der Waals surface area contributed by atoms with Gasteiger partial charge in [0.25, 0.3) is 5.91 Å². The van der Waals surface area contributed by atoms with Crippen LogP contribution in [0.4, 0.5) is 5.69 Å². The van der Waals surface area contributed by atoms with Gasteiger partial charge in [0.2, 0.25) is 0 Å². The predicted octanol–water partition coefficient (Wildman–Crippen LogP) is 5.01. The number of hydrogen-bond acceptors (Lipinski definition) is 2. The highest BCUT2D eigenvalue weighted by molar-refractivity contribution is 9.11. The molecule has 1 amide bonds. The number of pyridine rings is 1. The number of nitrogens with one attached hydrogen (secondary N) is 1. The molecule has 0 aliphatic rings. The molecule has 3 rings (SSSR count). The lowest BCUT2D eigenvalue weighted by Crippen LogP contribution is -2.11. The molecule has 21 heavy (non-hydrogen) atoms. The summed E-state index contributed by atoms with van der Waals surface area (Å²) in [6.45, 7) is 0. The predicted molar refractivity (Wildman–Crippen MR) is 91.5 cm³/mol. The van der Waals surface area contributed by atoms with Crippen LogP contribution in [-0.4, -0.2) is 10.9 Å². The first-order chi connectivity index (χ1) is 10.1. The SMILES string of the molecule is O=C(Nc1ccc2ncccc2c1)c1cc(Br)cc(Br)c1. The van der Waals surface area contributed by atoms with E-state index in [0.717, 1.165) is 25.5 Å². The van der Waals surface area contributed by atoms with E-state index in [1.807, 2.05) is 36.4 Å². The number of carbonyl (C=O) groups is 1. The summed E-state index contributed by atoms with van der Waals surface area (Å²) >= 11 is 6.76. The number of halogens is 2. The van der Waals surface area contributed by atoms with Crippen LogP contribution in [0.25, 0.3) is 10.9 Å². The van der Waals surface area contributed by atoms with E-state index in [0.29, 0.717) is 5.56 Å². The largest absolute Gasteiger partial charge is 0.322 e. The lowest BCUT2D eigenvalue weighted by atomic mass is 10.2. The molecule has 104 valence electrons. The van der Waals surface area contributed by atoms with Crippen molar-refractivity contribution in [1.82, 2.24) is 4.98 Å². The van der Waals surface area contributed by atoms with Crippen molar-refractivity contribution in [3.63, 3.8) is 0 Å². The second-order valence-electron chi connectivity index (χ2n) is 4.52. The van der Waals surface area contributed by atoms with E-state index in [2.05, 4.69) is 42.2 Å².